The van der Waals surface area contributed by atoms with Gasteiger partial charge >= 0.3 is 0 Å². The van der Waals surface area contributed by atoms with E-state index in [1.165, 1.54) is 93.2 Å². The van der Waals surface area contributed by atoms with Gasteiger partial charge in [0.25, 0.3) is 0 Å². The van der Waals surface area contributed by atoms with Gasteiger partial charge in [-0.1, -0.05) is 136 Å². The molecular weight excluding hydrogens is 528 g/mol. The molecule has 0 aliphatic heterocycles. The molecule has 1 aliphatic rings. The number of hydrogen-bond donors (Lipinski definition) is 0. The highest BCUT2D eigenvalue weighted by atomic mass is 14.3. The molecule has 0 radical (unpaired) electrons. The average Bonchev–Trinajstić information content (AvgIpc) is 3.38. The molecule has 0 heterocycles. The predicted molar refractivity (Wildman–Crippen MR) is 190 cm³/mol. The molecule has 44 heavy (non-hydrogen) atoms. The van der Waals surface area contributed by atoms with Crippen LogP contribution in [0.4, 0.5) is 0 Å². The molecule has 0 amide bonds. The van der Waals surface area contributed by atoms with Crippen molar-refractivity contribution in [2.45, 2.75) is 26.2 Å². The molecule has 0 saturated carbocycles. The Balaban J connectivity index is 1.16. The lowest BCUT2D eigenvalue weighted by molar-refractivity contribution is 0.590. The summed E-state index contributed by atoms with van der Waals surface area (Å²) in [6.45, 7) is 6.79. The van der Waals surface area contributed by atoms with Gasteiger partial charge in [-0.25, -0.2) is 0 Å². The molecule has 0 N–H and O–H groups in total. The van der Waals surface area contributed by atoms with Crippen molar-refractivity contribution in [1.29, 1.82) is 0 Å². The van der Waals surface area contributed by atoms with E-state index in [1.807, 2.05) is 0 Å². The highest BCUT2D eigenvalue weighted by Gasteiger charge is 2.22. The van der Waals surface area contributed by atoms with Crippen LogP contribution in [-0.2, 0) is 5.41 Å². The maximum atomic E-state index is 2.40. The fourth-order valence-electron chi connectivity index (χ4n) is 7.38. The van der Waals surface area contributed by atoms with Crippen LogP contribution in [0, 0.1) is 0 Å². The van der Waals surface area contributed by atoms with Crippen molar-refractivity contribution in [1.82, 2.24) is 0 Å². The van der Waals surface area contributed by atoms with Gasteiger partial charge in [-0.15, -0.1) is 0 Å². The quantitative estimate of drug-likeness (QED) is 0.184. The van der Waals surface area contributed by atoms with Crippen LogP contribution in [0.25, 0.3) is 87.6 Å². The van der Waals surface area contributed by atoms with Crippen LogP contribution in [-0.4, -0.2) is 0 Å². The first kappa shape index (κ1) is 25.3. The number of hydrogen-bond acceptors (Lipinski definition) is 0. The monoisotopic (exact) mass is 560 g/mol. The first-order valence-corrected chi connectivity index (χ1v) is 15.6. The van der Waals surface area contributed by atoms with E-state index >= 15 is 0 Å². The van der Waals surface area contributed by atoms with Crippen LogP contribution in [0.2, 0.25) is 0 Å². The number of fused-ring (bicyclic) bond motifs is 8. The molecule has 0 saturated heterocycles. The second-order valence-electron chi connectivity index (χ2n) is 13.4. The van der Waals surface area contributed by atoms with Crippen molar-refractivity contribution < 1.29 is 0 Å². The van der Waals surface area contributed by atoms with Gasteiger partial charge in [0.2, 0.25) is 0 Å². The van der Waals surface area contributed by atoms with Crippen molar-refractivity contribution in [3.05, 3.63) is 145 Å². The lowest BCUT2D eigenvalue weighted by Crippen LogP contribution is -2.10. The summed E-state index contributed by atoms with van der Waals surface area (Å²) in [6, 6.07) is 52.4. The maximum absolute atomic E-state index is 2.40. The third kappa shape index (κ3) is 3.77. The van der Waals surface area contributed by atoms with E-state index in [0.29, 0.717) is 0 Å². The predicted octanol–water partition coefficient (Wildman–Crippen LogP) is 12.6. The Morgan fingerprint density at radius 3 is 1.64 bits per heavy atom. The zero-order valence-corrected chi connectivity index (χ0v) is 25.3. The molecule has 8 aromatic rings. The van der Waals surface area contributed by atoms with Crippen molar-refractivity contribution in [3.8, 4) is 44.5 Å². The van der Waals surface area contributed by atoms with Crippen LogP contribution < -0.4 is 0 Å². The first-order valence-electron chi connectivity index (χ1n) is 15.6. The Bertz CT molecular complexity index is 2450. The molecule has 0 heteroatoms. The number of benzene rings is 8. The van der Waals surface area contributed by atoms with Gasteiger partial charge in [0.05, 0.1) is 0 Å². The zero-order valence-electron chi connectivity index (χ0n) is 25.3. The summed E-state index contributed by atoms with van der Waals surface area (Å²) in [4.78, 5) is 0. The van der Waals surface area contributed by atoms with Gasteiger partial charge < -0.3 is 0 Å². The summed E-state index contributed by atoms with van der Waals surface area (Å²) in [6.07, 6.45) is 0. The van der Waals surface area contributed by atoms with Crippen LogP contribution >= 0.6 is 0 Å². The van der Waals surface area contributed by atoms with E-state index in [4.69, 9.17) is 0 Å². The summed E-state index contributed by atoms with van der Waals surface area (Å²) >= 11 is 0. The Morgan fingerprint density at radius 1 is 0.341 bits per heavy atom. The molecule has 9 rings (SSSR count). The largest absolute Gasteiger partial charge is 0.0616 e. The molecular formula is C44H32. The fourth-order valence-corrected chi connectivity index (χ4v) is 7.38. The minimum Gasteiger partial charge on any atom is -0.0616 e. The van der Waals surface area contributed by atoms with E-state index in [2.05, 4.69) is 160 Å². The highest BCUT2D eigenvalue weighted by molar-refractivity contribution is 6.28. The smallest absolute Gasteiger partial charge is 0.00197 e. The Hall–Kier alpha value is -5.20. The summed E-state index contributed by atoms with van der Waals surface area (Å²) in [5.41, 5.74) is 11.9. The van der Waals surface area contributed by atoms with Gasteiger partial charge in [-0.3, -0.25) is 0 Å². The molecule has 0 fully saturated rings. The highest BCUT2D eigenvalue weighted by Crippen LogP contribution is 2.50. The zero-order chi connectivity index (χ0) is 29.6. The van der Waals surface area contributed by atoms with E-state index in [0.717, 1.165) is 0 Å². The van der Waals surface area contributed by atoms with E-state index in [-0.39, 0.29) is 5.41 Å². The van der Waals surface area contributed by atoms with E-state index in [9.17, 15) is 0 Å². The molecule has 1 aliphatic carbocycles. The van der Waals surface area contributed by atoms with E-state index in [1.54, 1.807) is 0 Å². The minimum absolute atomic E-state index is 0.155. The van der Waals surface area contributed by atoms with Crippen molar-refractivity contribution in [3.63, 3.8) is 0 Å². The van der Waals surface area contributed by atoms with Crippen LogP contribution in [0.1, 0.15) is 26.3 Å². The molecule has 0 atom stereocenters. The topological polar surface area (TPSA) is 0 Å². The summed E-state index contributed by atoms with van der Waals surface area (Å²) in [7, 11) is 0. The van der Waals surface area contributed by atoms with Crippen molar-refractivity contribution >= 4 is 43.1 Å². The summed E-state index contributed by atoms with van der Waals surface area (Å²) < 4.78 is 0. The molecule has 0 nitrogen and oxygen atoms in total. The molecule has 0 bridgehead atoms. The third-order valence-corrected chi connectivity index (χ3v) is 9.72. The third-order valence-electron chi connectivity index (χ3n) is 9.72. The summed E-state index contributed by atoms with van der Waals surface area (Å²) in [5.74, 6) is 0. The van der Waals surface area contributed by atoms with Crippen LogP contribution in [0.5, 0.6) is 0 Å². The molecule has 0 spiro atoms. The lowest BCUT2D eigenvalue weighted by atomic mass is 9.86. The van der Waals surface area contributed by atoms with Gasteiger partial charge in [-0.05, 0) is 123 Å². The second-order valence-corrected chi connectivity index (χ2v) is 13.4. The minimum atomic E-state index is 0.155. The molecule has 8 aromatic carbocycles. The fraction of sp³-hybridized carbons (Fsp3) is 0.0909. The van der Waals surface area contributed by atoms with Gasteiger partial charge in [-0.2, -0.15) is 0 Å². The van der Waals surface area contributed by atoms with Crippen LogP contribution in [0.3, 0.4) is 0 Å². The first-order chi connectivity index (χ1) is 21.4. The van der Waals surface area contributed by atoms with E-state index < -0.39 is 0 Å². The Labute approximate surface area is 258 Å². The van der Waals surface area contributed by atoms with Crippen molar-refractivity contribution in [2.75, 3.05) is 0 Å². The molecule has 0 unspecified atom stereocenters. The van der Waals surface area contributed by atoms with Gasteiger partial charge in [0.1, 0.15) is 0 Å². The second kappa shape index (κ2) is 9.15. The normalized spacial score (nSPS) is 12.4. The lowest BCUT2D eigenvalue weighted by Gasteiger charge is -2.19. The SMILES string of the molecule is CC(C)(C)c1ccc(-c2ccc3ccc(-c4ccc5c(ccc6cc7c8c(cccc8c65)-c5ccccc5-7)c4)cc3c2)cc1. The molecule has 0 aromatic heterocycles. The average molecular weight is 561 g/mol. The van der Waals surface area contributed by atoms with Gasteiger partial charge in [0, 0.05) is 0 Å². The van der Waals surface area contributed by atoms with Gasteiger partial charge in [0.15, 0.2) is 0 Å². The molecule has 208 valence electrons. The standard InChI is InChI=1S/C44H32/c1-44(2,3)35-20-17-27(18-21-35)29-13-11-28-12-14-30(25-34(28)24-29)31-19-22-36-32(23-31)15-16-33-26-41-38-8-5-4-7-37(38)39-9-6-10-40(42(33)36)43(39)41/h4-26H,1-3H3. The summed E-state index contributed by atoms with van der Waals surface area (Å²) in [5, 5.41) is 10.5. The Morgan fingerprint density at radius 2 is 0.909 bits per heavy atom. The Kier molecular flexibility index (Phi) is 5.26. The van der Waals surface area contributed by atoms with Crippen LogP contribution in [0.15, 0.2) is 140 Å². The maximum Gasteiger partial charge on any atom is -0.00197 e. The van der Waals surface area contributed by atoms with Crippen molar-refractivity contribution in [2.24, 2.45) is 0 Å². The number of rotatable bonds is 2.